The average molecular weight is 264 g/mol. The monoisotopic (exact) mass is 263 g/mol. The highest BCUT2D eigenvalue weighted by Crippen LogP contribution is 2.05. The number of nitrogens with one attached hydrogen (secondary N) is 1. The fourth-order valence-corrected chi connectivity index (χ4v) is 1.84. The van der Waals surface area contributed by atoms with Gasteiger partial charge in [-0.05, 0) is 12.8 Å². The van der Waals surface area contributed by atoms with Crippen LogP contribution in [0.1, 0.15) is 51.9 Å². The van der Waals surface area contributed by atoms with E-state index in [4.69, 9.17) is 16.3 Å². The predicted molar refractivity (Wildman–Crippen MR) is 72.5 cm³/mol. The summed E-state index contributed by atoms with van der Waals surface area (Å²) in [4.78, 5) is 11.4. The lowest BCUT2D eigenvalue weighted by atomic mass is 10.1. The summed E-state index contributed by atoms with van der Waals surface area (Å²) >= 11 is 5.95. The highest BCUT2D eigenvalue weighted by Gasteiger charge is 2.05. The third kappa shape index (κ3) is 12.0. The molecule has 17 heavy (non-hydrogen) atoms. The summed E-state index contributed by atoms with van der Waals surface area (Å²) < 4.78 is 4.92. The molecule has 0 aliphatic carbocycles. The Kier molecular flexibility index (Phi) is 12.0. The molecule has 1 atom stereocenters. The smallest absolute Gasteiger partial charge is 0.219 e. The van der Waals surface area contributed by atoms with Crippen molar-refractivity contribution in [2.24, 2.45) is 0 Å². The van der Waals surface area contributed by atoms with Crippen LogP contribution in [0.5, 0.6) is 0 Å². The zero-order valence-corrected chi connectivity index (χ0v) is 11.9. The Labute approximate surface area is 110 Å². The summed E-state index contributed by atoms with van der Waals surface area (Å²) in [5.41, 5.74) is 0. The van der Waals surface area contributed by atoms with E-state index < -0.39 is 0 Å². The molecule has 4 heteroatoms. The van der Waals surface area contributed by atoms with Crippen LogP contribution in [0.15, 0.2) is 0 Å². The maximum Gasteiger partial charge on any atom is 0.219 e. The van der Waals surface area contributed by atoms with Crippen molar-refractivity contribution < 1.29 is 9.53 Å². The van der Waals surface area contributed by atoms with Crippen molar-refractivity contribution in [1.82, 2.24) is 5.32 Å². The van der Waals surface area contributed by atoms with E-state index in [1.807, 2.05) is 0 Å². The number of alkyl halides is 1. The Morgan fingerprint density at radius 2 is 2.00 bits per heavy atom. The number of carbonyl (C=O) groups excluding carboxylic acids is 1. The van der Waals surface area contributed by atoms with Crippen LogP contribution in [0.3, 0.4) is 0 Å². The van der Waals surface area contributed by atoms with Crippen molar-refractivity contribution >= 4 is 17.5 Å². The molecule has 0 saturated carbocycles. The molecule has 1 N–H and O–H groups in total. The van der Waals surface area contributed by atoms with E-state index in [0.717, 1.165) is 19.3 Å². The summed E-state index contributed by atoms with van der Waals surface area (Å²) in [6, 6.07) is 0. The van der Waals surface area contributed by atoms with Crippen LogP contribution >= 0.6 is 11.6 Å². The fraction of sp³-hybridized carbons (Fsp3) is 0.923. The van der Waals surface area contributed by atoms with Crippen LogP contribution in [0.25, 0.3) is 0 Å². The van der Waals surface area contributed by atoms with Gasteiger partial charge in [0.25, 0.3) is 0 Å². The van der Waals surface area contributed by atoms with E-state index in [1.54, 1.807) is 7.11 Å². The number of halogens is 1. The summed E-state index contributed by atoms with van der Waals surface area (Å²) in [5.74, 6) is 0.141. The van der Waals surface area contributed by atoms with Gasteiger partial charge in [0.1, 0.15) is 0 Å². The minimum atomic E-state index is -0.00939. The predicted octanol–water partition coefficient (Wildman–Crippen LogP) is 3.11. The van der Waals surface area contributed by atoms with Crippen molar-refractivity contribution in [2.75, 3.05) is 20.3 Å². The zero-order valence-electron chi connectivity index (χ0n) is 11.1. The highest BCUT2D eigenvalue weighted by molar-refractivity contribution is 6.20. The second-order valence-electron chi connectivity index (χ2n) is 4.36. The quantitative estimate of drug-likeness (QED) is 0.460. The first-order valence-corrected chi connectivity index (χ1v) is 7.04. The van der Waals surface area contributed by atoms with E-state index in [0.29, 0.717) is 19.6 Å². The average Bonchev–Trinajstić information content (AvgIpc) is 2.29. The minimum absolute atomic E-state index is 0.00939. The van der Waals surface area contributed by atoms with E-state index in [9.17, 15) is 4.79 Å². The normalized spacial score (nSPS) is 12.4. The molecule has 0 fully saturated rings. The minimum Gasteiger partial charge on any atom is -0.383 e. The number of hydrogen-bond acceptors (Lipinski definition) is 2. The third-order valence-corrected chi connectivity index (χ3v) is 2.98. The number of hydrogen-bond donors (Lipinski definition) is 1. The molecule has 0 aliphatic rings. The number of rotatable bonds is 11. The second kappa shape index (κ2) is 12.2. The van der Waals surface area contributed by atoms with Crippen molar-refractivity contribution in [3.63, 3.8) is 0 Å². The number of unbranched alkanes of at least 4 members (excludes halogenated alkanes) is 4. The topological polar surface area (TPSA) is 38.3 Å². The summed E-state index contributed by atoms with van der Waals surface area (Å²) in [6.07, 6.45) is 7.30. The Morgan fingerprint density at radius 3 is 2.65 bits per heavy atom. The van der Waals surface area contributed by atoms with Gasteiger partial charge >= 0.3 is 0 Å². The van der Waals surface area contributed by atoms with Gasteiger partial charge in [0, 0.05) is 20.1 Å². The number of ether oxygens (including phenoxy) is 1. The van der Waals surface area contributed by atoms with Gasteiger partial charge in [0.05, 0.1) is 12.0 Å². The maximum absolute atomic E-state index is 11.4. The fourth-order valence-electron chi connectivity index (χ4n) is 1.61. The largest absolute Gasteiger partial charge is 0.383 e. The Morgan fingerprint density at radius 1 is 1.29 bits per heavy atom. The van der Waals surface area contributed by atoms with Crippen LogP contribution in [0.2, 0.25) is 0 Å². The molecule has 0 aromatic heterocycles. The maximum atomic E-state index is 11.4. The van der Waals surface area contributed by atoms with Crippen LogP contribution < -0.4 is 5.32 Å². The Hall–Kier alpha value is -0.280. The third-order valence-electron chi connectivity index (χ3n) is 2.63. The van der Waals surface area contributed by atoms with Gasteiger partial charge in [-0.1, -0.05) is 32.6 Å². The van der Waals surface area contributed by atoms with Crippen molar-refractivity contribution in [1.29, 1.82) is 0 Å². The van der Waals surface area contributed by atoms with Gasteiger partial charge in [0.15, 0.2) is 0 Å². The molecule has 0 saturated heterocycles. The van der Waals surface area contributed by atoms with Gasteiger partial charge in [-0.25, -0.2) is 0 Å². The van der Waals surface area contributed by atoms with Gasteiger partial charge in [0.2, 0.25) is 5.91 Å². The standard InChI is InChI=1S/C13H26ClNO2/c1-3-4-5-6-7-8-13(16)15-10-9-12(14)11-17-2/h12H,3-11H2,1-2H3,(H,15,16). The zero-order chi connectivity index (χ0) is 12.9. The molecule has 1 unspecified atom stereocenters. The Bertz CT molecular complexity index is 188. The first kappa shape index (κ1) is 16.7. The summed E-state index contributed by atoms with van der Waals surface area (Å²) in [5, 5.41) is 2.87. The first-order chi connectivity index (χ1) is 8.20. The Balaban J connectivity index is 3.28. The SMILES string of the molecule is CCCCCCCC(=O)NCCC(Cl)COC. The lowest BCUT2D eigenvalue weighted by Gasteiger charge is -2.09. The van der Waals surface area contributed by atoms with Crippen LogP contribution in [0.4, 0.5) is 0 Å². The van der Waals surface area contributed by atoms with Gasteiger partial charge in [-0.15, -0.1) is 11.6 Å². The number of methoxy groups -OCH3 is 1. The van der Waals surface area contributed by atoms with Crippen molar-refractivity contribution in [3.05, 3.63) is 0 Å². The molecule has 0 aromatic rings. The molecular formula is C13H26ClNO2. The van der Waals surface area contributed by atoms with Crippen LogP contribution in [-0.4, -0.2) is 31.5 Å². The molecule has 0 rings (SSSR count). The van der Waals surface area contributed by atoms with E-state index in [-0.39, 0.29) is 11.3 Å². The van der Waals surface area contributed by atoms with Crippen molar-refractivity contribution in [2.45, 2.75) is 57.2 Å². The second-order valence-corrected chi connectivity index (χ2v) is 4.97. The molecule has 1 amide bonds. The molecular weight excluding hydrogens is 238 g/mol. The van der Waals surface area contributed by atoms with Crippen LogP contribution in [0, 0.1) is 0 Å². The first-order valence-electron chi connectivity index (χ1n) is 6.60. The molecule has 0 radical (unpaired) electrons. The van der Waals surface area contributed by atoms with Gasteiger partial charge in [-0.2, -0.15) is 0 Å². The van der Waals surface area contributed by atoms with Crippen molar-refractivity contribution in [3.8, 4) is 0 Å². The lowest BCUT2D eigenvalue weighted by molar-refractivity contribution is -0.121. The van der Waals surface area contributed by atoms with Gasteiger partial charge in [-0.3, -0.25) is 4.79 Å². The molecule has 0 aromatic carbocycles. The molecule has 0 heterocycles. The van der Waals surface area contributed by atoms with E-state index in [2.05, 4.69) is 12.2 Å². The van der Waals surface area contributed by atoms with E-state index in [1.165, 1.54) is 19.3 Å². The summed E-state index contributed by atoms with van der Waals surface area (Å²) in [6.45, 7) is 3.37. The van der Waals surface area contributed by atoms with E-state index >= 15 is 0 Å². The molecule has 0 aliphatic heterocycles. The lowest BCUT2D eigenvalue weighted by Crippen LogP contribution is -2.26. The van der Waals surface area contributed by atoms with Gasteiger partial charge < -0.3 is 10.1 Å². The molecule has 3 nitrogen and oxygen atoms in total. The highest BCUT2D eigenvalue weighted by atomic mass is 35.5. The molecule has 0 spiro atoms. The number of amides is 1. The van der Waals surface area contributed by atoms with Crippen LogP contribution in [-0.2, 0) is 9.53 Å². The molecule has 0 bridgehead atoms. The number of carbonyl (C=O) groups is 1. The summed E-state index contributed by atoms with van der Waals surface area (Å²) in [7, 11) is 1.63. The molecule has 102 valence electrons.